The van der Waals surface area contributed by atoms with Crippen molar-refractivity contribution in [2.75, 3.05) is 0 Å². The van der Waals surface area contributed by atoms with Crippen molar-refractivity contribution < 1.29 is 0 Å². The molecule has 0 aromatic carbocycles. The Kier molecular flexibility index (Phi) is 3.33. The van der Waals surface area contributed by atoms with E-state index in [-0.39, 0.29) is 0 Å². The molecule has 0 fully saturated rings. The molecule has 0 aromatic rings. The minimum atomic E-state index is 0.620. The van der Waals surface area contributed by atoms with Crippen LogP contribution in [0.2, 0.25) is 0 Å². The van der Waals surface area contributed by atoms with E-state index in [1.54, 1.807) is 5.57 Å². The third-order valence-electron chi connectivity index (χ3n) is 2.50. The van der Waals surface area contributed by atoms with Gasteiger partial charge in [0.25, 0.3) is 0 Å². The Morgan fingerprint density at radius 1 is 1.67 bits per heavy atom. The molecule has 0 amide bonds. The van der Waals surface area contributed by atoms with E-state index in [9.17, 15) is 0 Å². The van der Waals surface area contributed by atoms with E-state index in [1.165, 1.54) is 24.8 Å². The van der Waals surface area contributed by atoms with Crippen molar-refractivity contribution >= 4 is 0 Å². The Morgan fingerprint density at radius 2 is 2.42 bits per heavy atom. The van der Waals surface area contributed by atoms with Gasteiger partial charge in [-0.1, -0.05) is 42.9 Å². The summed E-state index contributed by atoms with van der Waals surface area (Å²) in [6, 6.07) is 0. The molecule has 0 aromatic heterocycles. The van der Waals surface area contributed by atoms with E-state index in [2.05, 4.69) is 38.7 Å². The van der Waals surface area contributed by atoms with Crippen LogP contribution in [0.1, 0.15) is 33.1 Å². The Bertz CT molecular complexity index is 218. The molecule has 0 N–H and O–H groups in total. The molecule has 0 spiro atoms. The van der Waals surface area contributed by atoms with Crippen molar-refractivity contribution in [1.29, 1.82) is 0 Å². The second-order valence-electron chi connectivity index (χ2n) is 3.52. The summed E-state index contributed by atoms with van der Waals surface area (Å²) in [7, 11) is 0. The van der Waals surface area contributed by atoms with Crippen molar-refractivity contribution in [1.82, 2.24) is 0 Å². The molecule has 66 valence electrons. The first-order valence-corrected chi connectivity index (χ1v) is 4.76. The average Bonchev–Trinajstić information content (AvgIpc) is 2.07. The van der Waals surface area contributed by atoms with E-state index < -0.39 is 0 Å². The minimum absolute atomic E-state index is 0.620. The lowest BCUT2D eigenvalue weighted by Crippen LogP contribution is -2.05. The Labute approximate surface area is 75.7 Å². The number of hydrogen-bond donors (Lipinski definition) is 0. The monoisotopic (exact) mass is 162 g/mol. The van der Waals surface area contributed by atoms with Crippen molar-refractivity contribution in [3.8, 4) is 0 Å². The first-order valence-electron chi connectivity index (χ1n) is 4.76. The molecular formula is C12H18. The molecule has 1 unspecified atom stereocenters. The maximum absolute atomic E-state index is 4.04. The Balaban J connectivity index is 2.71. The summed E-state index contributed by atoms with van der Waals surface area (Å²) in [5, 5.41) is 0. The molecule has 0 nitrogen and oxygen atoms in total. The third kappa shape index (κ3) is 2.10. The summed E-state index contributed by atoms with van der Waals surface area (Å²) < 4.78 is 0. The molecule has 0 heterocycles. The highest BCUT2D eigenvalue weighted by atomic mass is 14.2. The molecule has 0 bridgehead atoms. The number of rotatable bonds is 3. The van der Waals surface area contributed by atoms with Crippen LogP contribution in [0.5, 0.6) is 0 Å². The lowest BCUT2D eigenvalue weighted by atomic mass is 9.86. The van der Waals surface area contributed by atoms with Gasteiger partial charge in [-0.3, -0.25) is 0 Å². The van der Waals surface area contributed by atoms with Crippen LogP contribution in [0.25, 0.3) is 0 Å². The van der Waals surface area contributed by atoms with Crippen LogP contribution in [0.3, 0.4) is 0 Å². The molecular weight excluding hydrogens is 144 g/mol. The fourth-order valence-electron chi connectivity index (χ4n) is 1.84. The van der Waals surface area contributed by atoms with Crippen LogP contribution in [-0.4, -0.2) is 0 Å². The molecule has 1 atom stereocenters. The van der Waals surface area contributed by atoms with Crippen LogP contribution >= 0.6 is 0 Å². The zero-order valence-electron chi connectivity index (χ0n) is 8.14. The van der Waals surface area contributed by atoms with E-state index in [0.717, 1.165) is 0 Å². The molecule has 1 aliphatic rings. The maximum atomic E-state index is 4.04. The highest BCUT2D eigenvalue weighted by Gasteiger charge is 2.12. The van der Waals surface area contributed by atoms with E-state index in [4.69, 9.17) is 0 Å². The summed E-state index contributed by atoms with van der Waals surface area (Å²) in [5.74, 6) is 0.620. The summed E-state index contributed by atoms with van der Waals surface area (Å²) >= 11 is 0. The van der Waals surface area contributed by atoms with Gasteiger partial charge in [-0.15, -0.1) is 0 Å². The SMILES string of the molecule is C=C(C)C(CC)C1=CC=CCC1. The second kappa shape index (κ2) is 4.30. The van der Waals surface area contributed by atoms with Gasteiger partial charge in [0.15, 0.2) is 0 Å². The Hall–Kier alpha value is -0.780. The van der Waals surface area contributed by atoms with Crippen LogP contribution in [0.15, 0.2) is 36.0 Å². The van der Waals surface area contributed by atoms with Gasteiger partial charge in [0, 0.05) is 5.92 Å². The van der Waals surface area contributed by atoms with E-state index >= 15 is 0 Å². The predicted octanol–water partition coefficient (Wildman–Crippen LogP) is 3.87. The fraction of sp³-hybridized carbons (Fsp3) is 0.500. The van der Waals surface area contributed by atoms with Gasteiger partial charge in [-0.25, -0.2) is 0 Å². The van der Waals surface area contributed by atoms with E-state index in [1.807, 2.05) is 0 Å². The van der Waals surface area contributed by atoms with Gasteiger partial charge in [-0.05, 0) is 26.2 Å². The molecule has 1 aliphatic carbocycles. The van der Waals surface area contributed by atoms with Crippen molar-refractivity contribution in [3.05, 3.63) is 36.0 Å². The summed E-state index contributed by atoms with van der Waals surface area (Å²) in [6.45, 7) is 8.40. The van der Waals surface area contributed by atoms with Crippen molar-refractivity contribution in [2.24, 2.45) is 5.92 Å². The Morgan fingerprint density at radius 3 is 2.83 bits per heavy atom. The summed E-state index contributed by atoms with van der Waals surface area (Å²) in [6.07, 6.45) is 10.3. The fourth-order valence-corrected chi connectivity index (χ4v) is 1.84. The second-order valence-corrected chi connectivity index (χ2v) is 3.52. The van der Waals surface area contributed by atoms with E-state index in [0.29, 0.717) is 5.92 Å². The summed E-state index contributed by atoms with van der Waals surface area (Å²) in [4.78, 5) is 0. The standard InChI is InChI=1S/C12H18/c1-4-12(10(2)3)11-8-6-5-7-9-11/h5-6,8,12H,2,4,7,9H2,1,3H3. The highest BCUT2D eigenvalue weighted by molar-refractivity contribution is 5.25. The maximum Gasteiger partial charge on any atom is 0.000208 e. The minimum Gasteiger partial charge on any atom is -0.0995 e. The average molecular weight is 162 g/mol. The zero-order valence-corrected chi connectivity index (χ0v) is 8.14. The molecule has 0 heteroatoms. The van der Waals surface area contributed by atoms with Gasteiger partial charge >= 0.3 is 0 Å². The number of allylic oxidation sites excluding steroid dienone is 5. The number of hydrogen-bond acceptors (Lipinski definition) is 0. The highest BCUT2D eigenvalue weighted by Crippen LogP contribution is 2.27. The molecule has 0 radical (unpaired) electrons. The molecule has 12 heavy (non-hydrogen) atoms. The van der Waals surface area contributed by atoms with Gasteiger partial charge in [-0.2, -0.15) is 0 Å². The smallest absolute Gasteiger partial charge is 0.000208 e. The van der Waals surface area contributed by atoms with Crippen LogP contribution in [0.4, 0.5) is 0 Å². The normalized spacial score (nSPS) is 18.7. The first kappa shape index (κ1) is 9.31. The predicted molar refractivity (Wildman–Crippen MR) is 55.1 cm³/mol. The molecule has 1 rings (SSSR count). The third-order valence-corrected chi connectivity index (χ3v) is 2.50. The van der Waals surface area contributed by atoms with Crippen LogP contribution in [-0.2, 0) is 0 Å². The van der Waals surface area contributed by atoms with Crippen molar-refractivity contribution in [3.63, 3.8) is 0 Å². The quantitative estimate of drug-likeness (QED) is 0.553. The summed E-state index contributed by atoms with van der Waals surface area (Å²) in [5.41, 5.74) is 2.87. The zero-order chi connectivity index (χ0) is 8.97. The van der Waals surface area contributed by atoms with Gasteiger partial charge in [0.2, 0.25) is 0 Å². The van der Waals surface area contributed by atoms with Crippen molar-refractivity contribution in [2.45, 2.75) is 33.1 Å². The largest absolute Gasteiger partial charge is 0.0995 e. The molecule has 0 saturated carbocycles. The first-order chi connectivity index (χ1) is 5.75. The van der Waals surface area contributed by atoms with Gasteiger partial charge in [0.05, 0.1) is 0 Å². The molecule has 0 saturated heterocycles. The van der Waals surface area contributed by atoms with Gasteiger partial charge < -0.3 is 0 Å². The topological polar surface area (TPSA) is 0 Å². The van der Waals surface area contributed by atoms with Crippen LogP contribution in [0, 0.1) is 5.92 Å². The lowest BCUT2D eigenvalue weighted by molar-refractivity contribution is 0.649. The molecule has 0 aliphatic heterocycles. The lowest BCUT2D eigenvalue weighted by Gasteiger charge is -2.20. The van der Waals surface area contributed by atoms with Gasteiger partial charge in [0.1, 0.15) is 0 Å². The van der Waals surface area contributed by atoms with Crippen LogP contribution < -0.4 is 0 Å².